The average Bonchev–Trinajstić information content (AvgIpc) is 2.33. The van der Waals surface area contributed by atoms with Gasteiger partial charge in [0.1, 0.15) is 5.82 Å². The first-order valence-corrected chi connectivity index (χ1v) is 7.62. The van der Waals surface area contributed by atoms with Crippen molar-refractivity contribution in [2.45, 2.75) is 26.7 Å². The minimum absolute atomic E-state index is 0.156. The van der Waals surface area contributed by atoms with E-state index in [1.807, 2.05) is 6.07 Å². The molecule has 0 aliphatic heterocycles. The summed E-state index contributed by atoms with van der Waals surface area (Å²) in [4.78, 5) is 0. The number of halogens is 2. The Morgan fingerprint density at radius 1 is 1.33 bits per heavy atom. The van der Waals surface area contributed by atoms with Gasteiger partial charge in [-0.15, -0.1) is 0 Å². The summed E-state index contributed by atoms with van der Waals surface area (Å²) >= 11 is 3.52. The van der Waals surface area contributed by atoms with Crippen LogP contribution in [0.5, 0.6) is 0 Å². The van der Waals surface area contributed by atoms with E-state index in [0.717, 1.165) is 36.9 Å². The monoisotopic (exact) mass is 316 g/mol. The summed E-state index contributed by atoms with van der Waals surface area (Å²) in [7, 11) is 0. The maximum atomic E-state index is 13.1. The van der Waals surface area contributed by atoms with Crippen molar-refractivity contribution in [2.24, 2.45) is 11.8 Å². The number of alkyl halides is 1. The summed E-state index contributed by atoms with van der Waals surface area (Å²) < 4.78 is 18.7. The lowest BCUT2D eigenvalue weighted by Crippen LogP contribution is -2.12. The zero-order valence-corrected chi connectivity index (χ0v) is 12.7. The van der Waals surface area contributed by atoms with Gasteiger partial charge in [-0.1, -0.05) is 41.9 Å². The predicted molar refractivity (Wildman–Crippen MR) is 77.7 cm³/mol. The van der Waals surface area contributed by atoms with E-state index in [1.54, 1.807) is 12.1 Å². The quantitative estimate of drug-likeness (QED) is 0.509. The zero-order chi connectivity index (χ0) is 13.4. The Balaban J connectivity index is 2.33. The highest BCUT2D eigenvalue weighted by molar-refractivity contribution is 9.09. The van der Waals surface area contributed by atoms with Gasteiger partial charge >= 0.3 is 0 Å². The Bertz CT molecular complexity index is 341. The van der Waals surface area contributed by atoms with E-state index in [1.165, 1.54) is 6.07 Å². The highest BCUT2D eigenvalue weighted by Crippen LogP contribution is 2.16. The summed E-state index contributed by atoms with van der Waals surface area (Å²) in [5.74, 6) is 0.923. The summed E-state index contributed by atoms with van der Waals surface area (Å²) in [5, 5.41) is 0.925. The molecule has 3 heteroatoms. The van der Waals surface area contributed by atoms with Crippen LogP contribution in [0.2, 0.25) is 0 Å². The molecule has 1 rings (SSSR count). The smallest absolute Gasteiger partial charge is 0.123 e. The number of ether oxygens (including phenoxy) is 1. The van der Waals surface area contributed by atoms with Crippen molar-refractivity contribution in [1.29, 1.82) is 0 Å². The van der Waals surface area contributed by atoms with Crippen LogP contribution >= 0.6 is 15.9 Å². The summed E-state index contributed by atoms with van der Waals surface area (Å²) in [5.41, 5.74) is 1.06. The Morgan fingerprint density at radius 2 is 2.11 bits per heavy atom. The van der Waals surface area contributed by atoms with E-state index in [0.29, 0.717) is 11.8 Å². The molecule has 0 aliphatic rings. The van der Waals surface area contributed by atoms with Crippen molar-refractivity contribution in [1.82, 2.24) is 0 Å². The maximum absolute atomic E-state index is 13.1. The highest BCUT2D eigenvalue weighted by Gasteiger charge is 2.09. The van der Waals surface area contributed by atoms with Crippen LogP contribution in [0, 0.1) is 17.7 Å². The lowest BCUT2D eigenvalue weighted by Gasteiger charge is -2.15. The third kappa shape index (κ3) is 6.50. The van der Waals surface area contributed by atoms with E-state index >= 15 is 0 Å². The molecule has 0 radical (unpaired) electrons. The van der Waals surface area contributed by atoms with Crippen molar-refractivity contribution in [3.05, 3.63) is 35.6 Å². The second-order valence-corrected chi connectivity index (χ2v) is 5.76. The maximum Gasteiger partial charge on any atom is 0.123 e. The number of rotatable bonds is 8. The molecule has 1 aromatic carbocycles. The molecule has 0 amide bonds. The molecule has 0 saturated heterocycles. The van der Waals surface area contributed by atoms with E-state index in [-0.39, 0.29) is 5.82 Å². The molecular formula is C15H22BrFO. The van der Waals surface area contributed by atoms with Crippen LogP contribution in [0.1, 0.15) is 25.8 Å². The molecule has 0 saturated carbocycles. The van der Waals surface area contributed by atoms with Gasteiger partial charge < -0.3 is 4.74 Å². The highest BCUT2D eigenvalue weighted by atomic mass is 79.9. The van der Waals surface area contributed by atoms with Crippen LogP contribution in [-0.2, 0) is 11.2 Å². The Kier molecular flexibility index (Phi) is 7.52. The van der Waals surface area contributed by atoms with Gasteiger partial charge in [0.2, 0.25) is 0 Å². The largest absolute Gasteiger partial charge is 0.381 e. The minimum atomic E-state index is -0.156. The fourth-order valence-corrected chi connectivity index (χ4v) is 2.35. The SMILES string of the molecule is CC(C)COCCC(CBr)Cc1cccc(F)c1. The number of hydrogen-bond donors (Lipinski definition) is 0. The van der Waals surface area contributed by atoms with E-state index in [2.05, 4.69) is 29.8 Å². The van der Waals surface area contributed by atoms with Crippen LogP contribution in [0.15, 0.2) is 24.3 Å². The number of hydrogen-bond acceptors (Lipinski definition) is 1. The Labute approximate surface area is 118 Å². The molecule has 0 heterocycles. The molecule has 0 aromatic heterocycles. The van der Waals surface area contributed by atoms with Crippen LogP contribution < -0.4 is 0 Å². The molecule has 102 valence electrons. The molecule has 18 heavy (non-hydrogen) atoms. The number of benzene rings is 1. The van der Waals surface area contributed by atoms with Gasteiger partial charge in [-0.25, -0.2) is 4.39 Å². The van der Waals surface area contributed by atoms with Crippen molar-refractivity contribution < 1.29 is 9.13 Å². The Morgan fingerprint density at radius 3 is 2.72 bits per heavy atom. The molecule has 1 atom stereocenters. The van der Waals surface area contributed by atoms with Crippen molar-refractivity contribution >= 4 is 15.9 Å². The second kappa shape index (κ2) is 8.65. The third-order valence-electron chi connectivity index (χ3n) is 2.75. The van der Waals surface area contributed by atoms with Crippen LogP contribution in [0.3, 0.4) is 0 Å². The fraction of sp³-hybridized carbons (Fsp3) is 0.600. The van der Waals surface area contributed by atoms with E-state index < -0.39 is 0 Å². The molecule has 1 unspecified atom stereocenters. The summed E-state index contributed by atoms with van der Waals surface area (Å²) in [6.45, 7) is 5.89. The third-order valence-corrected chi connectivity index (χ3v) is 3.67. The van der Waals surface area contributed by atoms with Crippen molar-refractivity contribution in [3.63, 3.8) is 0 Å². The molecular weight excluding hydrogens is 295 g/mol. The topological polar surface area (TPSA) is 9.23 Å². The van der Waals surface area contributed by atoms with Crippen molar-refractivity contribution in [2.75, 3.05) is 18.5 Å². The first-order chi connectivity index (χ1) is 8.61. The first-order valence-electron chi connectivity index (χ1n) is 6.50. The van der Waals surface area contributed by atoms with Crippen LogP contribution in [-0.4, -0.2) is 18.5 Å². The second-order valence-electron chi connectivity index (χ2n) is 5.11. The van der Waals surface area contributed by atoms with Gasteiger partial charge in [-0.05, 0) is 42.4 Å². The first kappa shape index (κ1) is 15.6. The van der Waals surface area contributed by atoms with E-state index in [4.69, 9.17) is 4.74 Å². The van der Waals surface area contributed by atoms with Gasteiger partial charge in [-0.2, -0.15) is 0 Å². The lowest BCUT2D eigenvalue weighted by molar-refractivity contribution is 0.0998. The zero-order valence-electron chi connectivity index (χ0n) is 11.2. The molecule has 0 bridgehead atoms. The van der Waals surface area contributed by atoms with E-state index in [9.17, 15) is 4.39 Å². The summed E-state index contributed by atoms with van der Waals surface area (Å²) in [6.07, 6.45) is 1.91. The molecule has 1 nitrogen and oxygen atoms in total. The van der Waals surface area contributed by atoms with Gasteiger partial charge in [-0.3, -0.25) is 0 Å². The minimum Gasteiger partial charge on any atom is -0.381 e. The van der Waals surface area contributed by atoms with Crippen molar-refractivity contribution in [3.8, 4) is 0 Å². The molecule has 0 aliphatic carbocycles. The van der Waals surface area contributed by atoms with Crippen LogP contribution in [0.25, 0.3) is 0 Å². The lowest BCUT2D eigenvalue weighted by atomic mass is 9.98. The van der Waals surface area contributed by atoms with Gasteiger partial charge in [0, 0.05) is 18.5 Å². The van der Waals surface area contributed by atoms with Gasteiger partial charge in [0.05, 0.1) is 0 Å². The Hall–Kier alpha value is -0.410. The average molecular weight is 317 g/mol. The molecule has 0 N–H and O–H groups in total. The standard InChI is InChI=1S/C15H22BrFO/c1-12(2)11-18-7-6-14(10-16)8-13-4-3-5-15(17)9-13/h3-5,9,12,14H,6-8,10-11H2,1-2H3. The normalized spacial score (nSPS) is 12.9. The van der Waals surface area contributed by atoms with Gasteiger partial charge in [0.25, 0.3) is 0 Å². The summed E-state index contributed by atoms with van der Waals surface area (Å²) in [6, 6.07) is 6.85. The van der Waals surface area contributed by atoms with Gasteiger partial charge in [0.15, 0.2) is 0 Å². The molecule has 1 aromatic rings. The predicted octanol–water partition coefficient (Wildman–Crippen LogP) is 4.44. The molecule has 0 fully saturated rings. The van der Waals surface area contributed by atoms with Crippen LogP contribution in [0.4, 0.5) is 4.39 Å². The fourth-order valence-electron chi connectivity index (χ4n) is 1.80. The molecule has 0 spiro atoms.